The number of rotatable bonds is 1. The third-order valence-electron chi connectivity index (χ3n) is 3.05. The molecule has 0 fully saturated rings. The third kappa shape index (κ3) is 2.01. The summed E-state index contributed by atoms with van der Waals surface area (Å²) in [4.78, 5) is 9.40. The Hall–Kier alpha value is -1.52. The number of hydrogen-bond acceptors (Lipinski definition) is 3. The number of aryl methyl sites for hydroxylation is 2. The van der Waals surface area contributed by atoms with E-state index < -0.39 is 0 Å². The monoisotopic (exact) mass is 292 g/mol. The van der Waals surface area contributed by atoms with Crippen molar-refractivity contribution >= 4 is 33.2 Å². The summed E-state index contributed by atoms with van der Waals surface area (Å²) in [7, 11) is 0. The topological polar surface area (TPSA) is 25.8 Å². The molecule has 0 saturated heterocycles. The van der Waals surface area contributed by atoms with E-state index >= 15 is 0 Å². The molecule has 0 aliphatic rings. The Labute approximate surface area is 118 Å². The number of thiophene rings is 1. The second kappa shape index (κ2) is 4.54. The summed E-state index contributed by atoms with van der Waals surface area (Å²) < 4.78 is 14.2. The minimum Gasteiger partial charge on any atom is -0.235 e. The molecule has 0 aliphatic carbocycles. The average Bonchev–Trinajstić information content (AvgIpc) is 2.71. The molecule has 0 unspecified atom stereocenters. The van der Waals surface area contributed by atoms with Crippen LogP contribution in [0, 0.1) is 19.7 Å². The Morgan fingerprint density at radius 2 is 2.00 bits per heavy atom. The van der Waals surface area contributed by atoms with E-state index in [2.05, 4.69) is 9.97 Å². The molecule has 96 valence electrons. The Bertz CT molecular complexity index is 782. The molecule has 0 atom stereocenters. The molecule has 19 heavy (non-hydrogen) atoms. The van der Waals surface area contributed by atoms with E-state index in [0.717, 1.165) is 26.2 Å². The lowest BCUT2D eigenvalue weighted by atomic mass is 10.0. The molecule has 3 rings (SSSR count). The Morgan fingerprint density at radius 1 is 1.21 bits per heavy atom. The summed E-state index contributed by atoms with van der Waals surface area (Å²) in [6, 6.07) is 5.09. The molecule has 3 aromatic rings. The molecular formula is C14H10ClFN2S. The van der Waals surface area contributed by atoms with Gasteiger partial charge in [-0.3, -0.25) is 0 Å². The van der Waals surface area contributed by atoms with Crippen molar-refractivity contribution in [2.24, 2.45) is 0 Å². The molecule has 0 bridgehead atoms. The van der Waals surface area contributed by atoms with Crippen LogP contribution in [0.25, 0.3) is 21.3 Å². The minimum absolute atomic E-state index is 0.200. The van der Waals surface area contributed by atoms with Crippen LogP contribution in [0.1, 0.15) is 10.4 Å². The zero-order valence-corrected chi connectivity index (χ0v) is 11.9. The van der Waals surface area contributed by atoms with Gasteiger partial charge in [-0.15, -0.1) is 11.3 Å². The minimum atomic E-state index is -0.200. The van der Waals surface area contributed by atoms with Gasteiger partial charge in [0.25, 0.3) is 0 Å². The van der Waals surface area contributed by atoms with Crippen LogP contribution in [0.4, 0.5) is 4.39 Å². The smallest absolute Gasteiger partial charge is 0.150 e. The van der Waals surface area contributed by atoms with Crippen molar-refractivity contribution in [2.45, 2.75) is 13.8 Å². The van der Waals surface area contributed by atoms with E-state index in [0.29, 0.717) is 10.7 Å². The maximum Gasteiger partial charge on any atom is 0.150 e. The van der Waals surface area contributed by atoms with Gasteiger partial charge in [-0.05, 0) is 37.1 Å². The van der Waals surface area contributed by atoms with E-state index in [-0.39, 0.29) is 5.82 Å². The van der Waals surface area contributed by atoms with Crippen LogP contribution in [0.15, 0.2) is 24.5 Å². The molecule has 2 aromatic heterocycles. The number of nitrogens with zero attached hydrogens (tertiary/aromatic N) is 2. The van der Waals surface area contributed by atoms with Gasteiger partial charge in [-0.25, -0.2) is 14.4 Å². The van der Waals surface area contributed by atoms with Gasteiger partial charge < -0.3 is 0 Å². The zero-order chi connectivity index (χ0) is 13.6. The van der Waals surface area contributed by atoms with Crippen LogP contribution in [0.5, 0.6) is 0 Å². The summed E-state index contributed by atoms with van der Waals surface area (Å²) in [5.74, 6) is -0.200. The first-order chi connectivity index (χ1) is 9.08. The Morgan fingerprint density at radius 3 is 2.74 bits per heavy atom. The number of hydrogen-bond donors (Lipinski definition) is 0. The van der Waals surface area contributed by atoms with Crippen molar-refractivity contribution < 1.29 is 4.39 Å². The Kier molecular flexibility index (Phi) is 2.99. The second-order valence-corrected chi connectivity index (χ2v) is 5.92. The van der Waals surface area contributed by atoms with Crippen LogP contribution in [-0.2, 0) is 0 Å². The lowest BCUT2D eigenvalue weighted by Gasteiger charge is -2.04. The molecule has 0 spiro atoms. The van der Waals surface area contributed by atoms with E-state index in [9.17, 15) is 4.39 Å². The Balaban J connectivity index is 2.33. The van der Waals surface area contributed by atoms with Crippen LogP contribution < -0.4 is 0 Å². The quantitative estimate of drug-likeness (QED) is 0.604. The fourth-order valence-corrected chi connectivity index (χ4v) is 3.39. The predicted molar refractivity (Wildman–Crippen MR) is 77.3 cm³/mol. The van der Waals surface area contributed by atoms with Crippen molar-refractivity contribution in [3.63, 3.8) is 0 Å². The first-order valence-electron chi connectivity index (χ1n) is 5.74. The van der Waals surface area contributed by atoms with Crippen LogP contribution in [0.2, 0.25) is 5.15 Å². The largest absolute Gasteiger partial charge is 0.235 e. The molecule has 2 heterocycles. The van der Waals surface area contributed by atoms with Crippen LogP contribution in [0.3, 0.4) is 0 Å². The van der Waals surface area contributed by atoms with Crippen molar-refractivity contribution in [3.8, 4) is 11.1 Å². The van der Waals surface area contributed by atoms with E-state index in [1.165, 1.54) is 12.4 Å². The fourth-order valence-electron chi connectivity index (χ4n) is 2.13. The zero-order valence-electron chi connectivity index (χ0n) is 10.4. The van der Waals surface area contributed by atoms with Gasteiger partial charge in [0.2, 0.25) is 0 Å². The number of fused-ring (bicyclic) bond motifs is 1. The lowest BCUT2D eigenvalue weighted by molar-refractivity contribution is 0.619. The summed E-state index contributed by atoms with van der Waals surface area (Å²) in [5.41, 5.74) is 3.41. The summed E-state index contributed by atoms with van der Waals surface area (Å²) >= 11 is 7.65. The predicted octanol–water partition coefficient (Wildman–Crippen LogP) is 4.77. The first kappa shape index (κ1) is 12.5. The fraction of sp³-hybridized carbons (Fsp3) is 0.143. The average molecular weight is 293 g/mol. The van der Waals surface area contributed by atoms with Crippen molar-refractivity contribution in [1.29, 1.82) is 0 Å². The molecule has 1 aromatic carbocycles. The summed E-state index contributed by atoms with van der Waals surface area (Å²) in [6.45, 7) is 3.77. The van der Waals surface area contributed by atoms with Gasteiger partial charge in [-0.1, -0.05) is 17.7 Å². The van der Waals surface area contributed by atoms with Gasteiger partial charge in [0, 0.05) is 10.4 Å². The van der Waals surface area contributed by atoms with Crippen molar-refractivity contribution in [3.05, 3.63) is 45.9 Å². The normalized spacial score (nSPS) is 11.2. The summed E-state index contributed by atoms with van der Waals surface area (Å²) in [5, 5.41) is 0.461. The van der Waals surface area contributed by atoms with Gasteiger partial charge in [0.05, 0.1) is 10.2 Å². The van der Waals surface area contributed by atoms with Crippen molar-refractivity contribution in [1.82, 2.24) is 9.97 Å². The van der Waals surface area contributed by atoms with Crippen molar-refractivity contribution in [2.75, 3.05) is 0 Å². The van der Waals surface area contributed by atoms with E-state index in [1.807, 2.05) is 13.0 Å². The highest BCUT2D eigenvalue weighted by Crippen LogP contribution is 2.39. The molecule has 0 radical (unpaired) electrons. The van der Waals surface area contributed by atoms with E-state index in [4.69, 9.17) is 11.6 Å². The SMILES string of the molecule is Cc1cc(-c2c(C)sc3c(Cl)ncnc23)ccc1F. The lowest BCUT2D eigenvalue weighted by Crippen LogP contribution is -1.86. The molecule has 0 N–H and O–H groups in total. The molecule has 5 heteroatoms. The van der Waals surface area contributed by atoms with Gasteiger partial charge in [0.15, 0.2) is 0 Å². The third-order valence-corrected chi connectivity index (χ3v) is 4.55. The number of halogens is 2. The van der Waals surface area contributed by atoms with Crippen LogP contribution in [-0.4, -0.2) is 9.97 Å². The number of aromatic nitrogens is 2. The molecule has 0 amide bonds. The maximum atomic E-state index is 13.4. The molecule has 0 aliphatic heterocycles. The summed E-state index contributed by atoms with van der Waals surface area (Å²) in [6.07, 6.45) is 1.46. The standard InChI is InChI=1S/C14H10ClFN2S/c1-7-5-9(3-4-10(7)16)11-8(2)19-13-12(11)17-6-18-14(13)15/h3-6H,1-2H3. The highest BCUT2D eigenvalue weighted by molar-refractivity contribution is 7.20. The molecule has 2 nitrogen and oxygen atoms in total. The van der Waals surface area contributed by atoms with Crippen LogP contribution >= 0.6 is 22.9 Å². The first-order valence-corrected chi connectivity index (χ1v) is 6.93. The second-order valence-electron chi connectivity index (χ2n) is 4.34. The van der Waals surface area contributed by atoms with E-state index in [1.54, 1.807) is 24.3 Å². The maximum absolute atomic E-state index is 13.4. The molecular weight excluding hydrogens is 283 g/mol. The highest BCUT2D eigenvalue weighted by Gasteiger charge is 2.15. The van der Waals surface area contributed by atoms with Gasteiger partial charge in [-0.2, -0.15) is 0 Å². The molecule has 0 saturated carbocycles. The van der Waals surface area contributed by atoms with Gasteiger partial charge in [0.1, 0.15) is 17.3 Å². The van der Waals surface area contributed by atoms with Gasteiger partial charge >= 0.3 is 0 Å². The number of benzene rings is 1. The highest BCUT2D eigenvalue weighted by atomic mass is 35.5.